The number of rotatable bonds is 7. The first-order chi connectivity index (χ1) is 8.94. The largest absolute Gasteiger partial charge is 0.481 e. The Bertz CT molecular complexity index is 425. The topological polar surface area (TPSA) is 57.5 Å². The minimum atomic E-state index is -1.22. The van der Waals surface area contributed by atoms with Gasteiger partial charge in [-0.3, -0.25) is 4.79 Å². The van der Waals surface area contributed by atoms with Crippen molar-refractivity contribution in [3.8, 4) is 0 Å². The molecule has 1 rings (SSSR count). The number of halogens is 1. The lowest BCUT2D eigenvalue weighted by atomic mass is 9.76. The molecule has 0 aromatic heterocycles. The molecule has 0 fully saturated rings. The minimum Gasteiger partial charge on any atom is -0.481 e. The molecule has 0 heterocycles. The van der Waals surface area contributed by atoms with Crippen LogP contribution in [0.15, 0.2) is 24.3 Å². The molecule has 0 saturated heterocycles. The monoisotopic (exact) mass is 284 g/mol. The zero-order valence-corrected chi connectivity index (χ0v) is 12.2. The SMILES string of the molecule is CCCC(O)(CCC)[C@H](C(=O)O)c1cccc(Cl)c1. The van der Waals surface area contributed by atoms with Gasteiger partial charge in [-0.1, -0.05) is 50.4 Å². The molecule has 2 N–H and O–H groups in total. The third-order valence-electron chi connectivity index (χ3n) is 3.33. The van der Waals surface area contributed by atoms with E-state index in [9.17, 15) is 15.0 Å². The van der Waals surface area contributed by atoms with E-state index in [4.69, 9.17) is 11.6 Å². The van der Waals surface area contributed by atoms with Gasteiger partial charge in [-0.15, -0.1) is 0 Å². The van der Waals surface area contributed by atoms with Gasteiger partial charge in [-0.05, 0) is 30.5 Å². The summed E-state index contributed by atoms with van der Waals surface area (Å²) in [4.78, 5) is 11.6. The number of aliphatic carboxylic acids is 1. The second-order valence-corrected chi connectivity index (χ2v) is 5.37. The standard InChI is InChI=1S/C15H21ClO3/c1-3-8-15(19,9-4-2)13(14(17)18)11-6-5-7-12(16)10-11/h5-7,10,13,19H,3-4,8-9H2,1-2H3,(H,17,18)/t13-/m0/s1. The highest BCUT2D eigenvalue weighted by atomic mass is 35.5. The van der Waals surface area contributed by atoms with Gasteiger partial charge in [0.25, 0.3) is 0 Å². The van der Waals surface area contributed by atoms with E-state index < -0.39 is 17.5 Å². The van der Waals surface area contributed by atoms with Gasteiger partial charge in [0.1, 0.15) is 5.92 Å². The van der Waals surface area contributed by atoms with Crippen LogP contribution in [0.1, 0.15) is 51.0 Å². The molecule has 0 radical (unpaired) electrons. The lowest BCUT2D eigenvalue weighted by Gasteiger charge is -2.34. The van der Waals surface area contributed by atoms with Gasteiger partial charge >= 0.3 is 5.97 Å². The van der Waals surface area contributed by atoms with Crippen LogP contribution in [0.3, 0.4) is 0 Å². The molecule has 0 saturated carbocycles. The highest BCUT2D eigenvalue weighted by Gasteiger charge is 2.41. The van der Waals surface area contributed by atoms with Crippen molar-refractivity contribution >= 4 is 17.6 Å². The number of carboxylic acids is 1. The van der Waals surface area contributed by atoms with Gasteiger partial charge in [0, 0.05) is 5.02 Å². The summed E-state index contributed by atoms with van der Waals surface area (Å²) in [6.07, 6.45) is 2.40. The maximum Gasteiger partial charge on any atom is 0.313 e. The molecule has 0 spiro atoms. The molecule has 0 aliphatic carbocycles. The Kier molecular flexibility index (Phi) is 5.83. The third kappa shape index (κ3) is 3.95. The van der Waals surface area contributed by atoms with Gasteiger partial charge in [-0.25, -0.2) is 0 Å². The third-order valence-corrected chi connectivity index (χ3v) is 3.57. The summed E-state index contributed by atoms with van der Waals surface area (Å²) in [6, 6.07) is 6.74. The number of hydrogen-bond acceptors (Lipinski definition) is 2. The summed E-state index contributed by atoms with van der Waals surface area (Å²) in [5, 5.41) is 20.8. The molecule has 1 atom stereocenters. The zero-order chi connectivity index (χ0) is 14.5. The Morgan fingerprint density at radius 1 is 1.32 bits per heavy atom. The summed E-state index contributed by atoms with van der Waals surface area (Å²) in [5.41, 5.74) is -0.663. The summed E-state index contributed by atoms with van der Waals surface area (Å²) in [6.45, 7) is 3.88. The van der Waals surface area contributed by atoms with E-state index in [1.54, 1.807) is 24.3 Å². The van der Waals surface area contributed by atoms with E-state index >= 15 is 0 Å². The van der Waals surface area contributed by atoms with Crippen LogP contribution in [0.5, 0.6) is 0 Å². The van der Waals surface area contributed by atoms with Crippen molar-refractivity contribution in [2.24, 2.45) is 0 Å². The van der Waals surface area contributed by atoms with Crippen LogP contribution in [-0.4, -0.2) is 21.8 Å². The average molecular weight is 285 g/mol. The molecule has 4 heteroatoms. The van der Waals surface area contributed by atoms with Gasteiger partial charge in [-0.2, -0.15) is 0 Å². The van der Waals surface area contributed by atoms with Crippen molar-refractivity contribution in [1.29, 1.82) is 0 Å². The molecule has 1 aromatic rings. The molecule has 0 amide bonds. The molecule has 106 valence electrons. The van der Waals surface area contributed by atoms with Crippen LogP contribution in [0, 0.1) is 0 Å². The van der Waals surface area contributed by atoms with Crippen LogP contribution >= 0.6 is 11.6 Å². The lowest BCUT2D eigenvalue weighted by molar-refractivity contribution is -0.147. The normalized spacial score (nSPS) is 13.3. The van der Waals surface area contributed by atoms with Crippen molar-refractivity contribution in [2.75, 3.05) is 0 Å². The van der Waals surface area contributed by atoms with Gasteiger partial charge in [0.05, 0.1) is 5.60 Å². The van der Waals surface area contributed by atoms with Crippen LogP contribution in [0.25, 0.3) is 0 Å². The number of carboxylic acid groups (broad SMARTS) is 1. The molecule has 0 aliphatic rings. The fraction of sp³-hybridized carbons (Fsp3) is 0.533. The van der Waals surface area contributed by atoms with E-state index in [2.05, 4.69) is 0 Å². The Hall–Kier alpha value is -1.06. The van der Waals surface area contributed by atoms with E-state index in [1.165, 1.54) is 0 Å². The first-order valence-electron chi connectivity index (χ1n) is 6.65. The molecule has 3 nitrogen and oxygen atoms in total. The summed E-state index contributed by atoms with van der Waals surface area (Å²) in [5.74, 6) is -1.95. The average Bonchev–Trinajstić information content (AvgIpc) is 2.28. The Morgan fingerprint density at radius 2 is 1.89 bits per heavy atom. The maximum absolute atomic E-state index is 11.6. The van der Waals surface area contributed by atoms with E-state index in [1.807, 2.05) is 13.8 Å². The number of aliphatic hydroxyl groups is 1. The smallest absolute Gasteiger partial charge is 0.313 e. The highest BCUT2D eigenvalue weighted by molar-refractivity contribution is 6.30. The second kappa shape index (κ2) is 6.92. The zero-order valence-electron chi connectivity index (χ0n) is 11.4. The highest BCUT2D eigenvalue weighted by Crippen LogP contribution is 2.37. The molecule has 19 heavy (non-hydrogen) atoms. The lowest BCUT2D eigenvalue weighted by Crippen LogP contribution is -2.40. The van der Waals surface area contributed by atoms with Crippen molar-refractivity contribution in [3.05, 3.63) is 34.9 Å². The Labute approximate surface area is 119 Å². The van der Waals surface area contributed by atoms with Crippen LogP contribution < -0.4 is 0 Å². The molecule has 0 bridgehead atoms. The predicted octanol–water partition coefficient (Wildman–Crippen LogP) is 3.84. The Balaban J connectivity index is 3.21. The van der Waals surface area contributed by atoms with E-state index in [0.717, 1.165) is 12.8 Å². The van der Waals surface area contributed by atoms with Crippen LogP contribution in [-0.2, 0) is 4.79 Å². The maximum atomic E-state index is 11.6. The second-order valence-electron chi connectivity index (χ2n) is 4.93. The first-order valence-corrected chi connectivity index (χ1v) is 7.03. The van der Waals surface area contributed by atoms with E-state index in [0.29, 0.717) is 23.4 Å². The van der Waals surface area contributed by atoms with Gasteiger partial charge in [0.15, 0.2) is 0 Å². The van der Waals surface area contributed by atoms with Gasteiger partial charge in [0.2, 0.25) is 0 Å². The van der Waals surface area contributed by atoms with E-state index in [-0.39, 0.29) is 0 Å². The number of benzene rings is 1. The summed E-state index contributed by atoms with van der Waals surface area (Å²) in [7, 11) is 0. The fourth-order valence-electron chi connectivity index (χ4n) is 2.65. The molecule has 1 aromatic carbocycles. The summed E-state index contributed by atoms with van der Waals surface area (Å²) >= 11 is 5.92. The van der Waals surface area contributed by atoms with Crippen molar-refractivity contribution in [2.45, 2.75) is 51.0 Å². The fourth-order valence-corrected chi connectivity index (χ4v) is 2.85. The molecule has 0 unspecified atom stereocenters. The number of carbonyl (C=O) groups is 1. The van der Waals surface area contributed by atoms with Crippen molar-refractivity contribution < 1.29 is 15.0 Å². The molecule has 0 aliphatic heterocycles. The summed E-state index contributed by atoms with van der Waals surface area (Å²) < 4.78 is 0. The van der Waals surface area contributed by atoms with Crippen molar-refractivity contribution in [1.82, 2.24) is 0 Å². The molecular weight excluding hydrogens is 264 g/mol. The quantitative estimate of drug-likeness (QED) is 0.800. The van der Waals surface area contributed by atoms with Gasteiger partial charge < -0.3 is 10.2 Å². The number of hydrogen-bond donors (Lipinski definition) is 2. The van der Waals surface area contributed by atoms with Crippen LogP contribution in [0.2, 0.25) is 5.02 Å². The molecular formula is C15H21ClO3. The Morgan fingerprint density at radius 3 is 2.32 bits per heavy atom. The minimum absolute atomic E-state index is 0.463. The predicted molar refractivity (Wildman–Crippen MR) is 76.6 cm³/mol. The first kappa shape index (κ1) is 16.0. The van der Waals surface area contributed by atoms with Crippen molar-refractivity contribution in [3.63, 3.8) is 0 Å². The van der Waals surface area contributed by atoms with Crippen LogP contribution in [0.4, 0.5) is 0 Å².